The second-order valence-electron chi connectivity index (χ2n) is 8.43. The van der Waals surface area contributed by atoms with Crippen molar-refractivity contribution < 1.29 is 18.8 Å². The van der Waals surface area contributed by atoms with Crippen molar-refractivity contribution in [2.45, 2.75) is 31.0 Å². The van der Waals surface area contributed by atoms with Gasteiger partial charge in [0.15, 0.2) is 11.5 Å². The molecule has 10 nitrogen and oxygen atoms in total. The van der Waals surface area contributed by atoms with Crippen LogP contribution in [0.3, 0.4) is 0 Å². The van der Waals surface area contributed by atoms with Gasteiger partial charge in [0.1, 0.15) is 17.9 Å². The maximum absolute atomic E-state index is 14.7. The number of nitrogens with one attached hydrogen (secondary N) is 1. The van der Waals surface area contributed by atoms with Crippen LogP contribution in [0.4, 0.5) is 4.39 Å². The van der Waals surface area contributed by atoms with Crippen LogP contribution < -0.4 is 5.32 Å². The fourth-order valence-electron chi connectivity index (χ4n) is 4.11. The van der Waals surface area contributed by atoms with Gasteiger partial charge in [-0.05, 0) is 30.2 Å². The van der Waals surface area contributed by atoms with E-state index in [9.17, 15) is 9.18 Å². The van der Waals surface area contributed by atoms with Gasteiger partial charge in [0.05, 0.1) is 6.42 Å². The Morgan fingerprint density at radius 2 is 2.06 bits per heavy atom. The van der Waals surface area contributed by atoms with E-state index >= 15 is 0 Å². The zero-order chi connectivity index (χ0) is 24.9. The Morgan fingerprint density at radius 3 is 2.81 bits per heavy atom. The molecule has 0 bridgehead atoms. The molecule has 0 radical (unpaired) electrons. The largest absolute Gasteiger partial charge is 0.481 e. The van der Waals surface area contributed by atoms with Crippen LogP contribution in [-0.2, 0) is 4.79 Å². The molecule has 0 saturated carbocycles. The van der Waals surface area contributed by atoms with Gasteiger partial charge >= 0.3 is 5.97 Å². The highest BCUT2D eigenvalue weighted by atomic mass is 19.1. The average Bonchev–Trinajstić information content (AvgIpc) is 3.55. The SMILES string of the molecule is O=C(O)CCNCC1=CCC(c2noc(-c3nnn(C4C=CC=CC4F)c3-c3ccncc3)n2)C=C1. The van der Waals surface area contributed by atoms with E-state index < -0.39 is 18.2 Å². The third-order valence-electron chi connectivity index (χ3n) is 5.97. The number of nitrogens with zero attached hydrogens (tertiary/aromatic N) is 6. The number of hydrogen-bond donors (Lipinski definition) is 2. The minimum atomic E-state index is -1.25. The predicted molar refractivity (Wildman–Crippen MR) is 128 cm³/mol. The molecule has 0 saturated heterocycles. The number of hydrogen-bond acceptors (Lipinski definition) is 8. The van der Waals surface area contributed by atoms with Gasteiger partial charge in [-0.1, -0.05) is 46.8 Å². The van der Waals surface area contributed by atoms with Gasteiger partial charge in [0, 0.05) is 37.0 Å². The zero-order valence-corrected chi connectivity index (χ0v) is 19.2. The summed E-state index contributed by atoms with van der Waals surface area (Å²) in [5.41, 5.74) is 2.75. The number of rotatable bonds is 9. The molecule has 184 valence electrons. The molecule has 2 N–H and O–H groups in total. The third kappa shape index (κ3) is 5.05. The summed E-state index contributed by atoms with van der Waals surface area (Å²) in [4.78, 5) is 19.3. The first-order valence-corrected chi connectivity index (χ1v) is 11.6. The second-order valence-corrected chi connectivity index (χ2v) is 8.43. The van der Waals surface area contributed by atoms with E-state index in [0.29, 0.717) is 36.7 Å². The van der Waals surface area contributed by atoms with Crippen LogP contribution in [0.15, 0.2) is 77.2 Å². The lowest BCUT2D eigenvalue weighted by atomic mass is 9.96. The topological polar surface area (TPSA) is 132 Å². The highest BCUT2D eigenvalue weighted by molar-refractivity contribution is 5.74. The molecule has 2 aliphatic rings. The van der Waals surface area contributed by atoms with E-state index in [1.54, 1.807) is 42.8 Å². The van der Waals surface area contributed by atoms with Gasteiger partial charge in [-0.2, -0.15) is 4.98 Å². The zero-order valence-electron chi connectivity index (χ0n) is 19.2. The van der Waals surface area contributed by atoms with Crippen LogP contribution in [-0.4, -0.2) is 60.5 Å². The van der Waals surface area contributed by atoms with E-state index in [4.69, 9.17) is 9.63 Å². The number of aliphatic carboxylic acids is 1. The van der Waals surface area contributed by atoms with Crippen LogP contribution in [0.5, 0.6) is 0 Å². The molecule has 3 unspecified atom stereocenters. The van der Waals surface area contributed by atoms with Crippen LogP contribution >= 0.6 is 0 Å². The lowest BCUT2D eigenvalue weighted by Crippen LogP contribution is -2.21. The highest BCUT2D eigenvalue weighted by Gasteiger charge is 2.29. The van der Waals surface area contributed by atoms with Crippen LogP contribution in [0.1, 0.15) is 30.6 Å². The number of carboxylic acids is 1. The first-order chi connectivity index (χ1) is 17.6. The number of aromatic nitrogens is 6. The summed E-state index contributed by atoms with van der Waals surface area (Å²) in [6.07, 6.45) is 15.5. The van der Waals surface area contributed by atoms with Crippen molar-refractivity contribution in [3.05, 3.63) is 78.5 Å². The van der Waals surface area contributed by atoms with Gasteiger partial charge in [-0.25, -0.2) is 9.07 Å². The van der Waals surface area contributed by atoms with Crippen LogP contribution in [0.25, 0.3) is 22.8 Å². The van der Waals surface area contributed by atoms with Crippen molar-refractivity contribution in [3.8, 4) is 22.8 Å². The summed E-state index contributed by atoms with van der Waals surface area (Å²) in [5, 5.41) is 24.6. The molecule has 0 amide bonds. The van der Waals surface area contributed by atoms with Gasteiger partial charge in [-0.15, -0.1) is 5.10 Å². The molecule has 3 aromatic heterocycles. The summed E-state index contributed by atoms with van der Waals surface area (Å²) < 4.78 is 21.8. The number of alkyl halides is 1. The number of carbonyl (C=O) groups is 1. The first-order valence-electron chi connectivity index (χ1n) is 11.6. The summed E-state index contributed by atoms with van der Waals surface area (Å²) in [7, 11) is 0. The molecule has 0 aliphatic heterocycles. The maximum Gasteiger partial charge on any atom is 0.304 e. The number of carboxylic acid groups (broad SMARTS) is 1. The molecule has 36 heavy (non-hydrogen) atoms. The van der Waals surface area contributed by atoms with Crippen molar-refractivity contribution in [3.63, 3.8) is 0 Å². The van der Waals surface area contributed by atoms with Crippen LogP contribution in [0.2, 0.25) is 0 Å². The maximum atomic E-state index is 14.7. The van der Waals surface area contributed by atoms with E-state index in [-0.39, 0.29) is 18.2 Å². The van der Waals surface area contributed by atoms with Crippen molar-refractivity contribution >= 4 is 5.97 Å². The third-order valence-corrected chi connectivity index (χ3v) is 5.97. The first kappa shape index (κ1) is 23.5. The average molecular weight is 490 g/mol. The quantitative estimate of drug-likeness (QED) is 0.434. The van der Waals surface area contributed by atoms with E-state index in [1.807, 2.05) is 12.2 Å². The lowest BCUT2D eigenvalue weighted by Gasteiger charge is -2.19. The van der Waals surface area contributed by atoms with Gasteiger partial charge in [0.2, 0.25) is 0 Å². The van der Waals surface area contributed by atoms with Crippen molar-refractivity contribution in [2.24, 2.45) is 0 Å². The molecule has 5 rings (SSSR count). The molecule has 3 atom stereocenters. The summed E-state index contributed by atoms with van der Waals surface area (Å²) in [6, 6.07) is 2.94. The fraction of sp³-hybridized carbons (Fsp3) is 0.280. The lowest BCUT2D eigenvalue weighted by molar-refractivity contribution is -0.136. The molecular formula is C25H24FN7O3. The number of halogens is 1. The summed E-state index contributed by atoms with van der Waals surface area (Å²) in [6.45, 7) is 1.00. The second kappa shape index (κ2) is 10.6. The molecule has 11 heteroatoms. The number of pyridine rings is 1. The van der Waals surface area contributed by atoms with E-state index in [1.165, 1.54) is 10.8 Å². The normalized spacial score (nSPS) is 21.0. The molecule has 3 heterocycles. The minimum absolute atomic E-state index is 0.0775. The highest BCUT2D eigenvalue weighted by Crippen LogP contribution is 2.35. The fourth-order valence-corrected chi connectivity index (χ4v) is 4.11. The Bertz CT molecular complexity index is 1340. The van der Waals surface area contributed by atoms with Crippen molar-refractivity contribution in [2.75, 3.05) is 13.1 Å². The molecular weight excluding hydrogens is 465 g/mol. The van der Waals surface area contributed by atoms with E-state index in [2.05, 4.69) is 36.8 Å². The Labute approximate surface area is 205 Å². The Morgan fingerprint density at radius 1 is 1.22 bits per heavy atom. The van der Waals surface area contributed by atoms with Gasteiger partial charge in [0.25, 0.3) is 5.89 Å². The minimum Gasteiger partial charge on any atom is -0.481 e. The van der Waals surface area contributed by atoms with E-state index in [0.717, 1.165) is 11.1 Å². The molecule has 3 aromatic rings. The Kier molecular flexibility index (Phi) is 6.89. The monoisotopic (exact) mass is 489 g/mol. The van der Waals surface area contributed by atoms with Crippen molar-refractivity contribution in [1.82, 2.24) is 35.4 Å². The summed E-state index contributed by atoms with van der Waals surface area (Å²) >= 11 is 0. The smallest absolute Gasteiger partial charge is 0.304 e. The Balaban J connectivity index is 1.36. The molecule has 2 aliphatic carbocycles. The molecule has 0 fully saturated rings. The summed E-state index contributed by atoms with van der Waals surface area (Å²) in [5.74, 6) is -0.194. The molecule has 0 spiro atoms. The standard InChI is InChI=1S/C25H24FN7O3/c26-19-3-1-2-4-20(19)33-23(17-9-12-27-13-10-17)22(30-32-33)25-29-24(31-36-25)18-7-5-16(6-8-18)15-28-14-11-21(34)35/h1-7,9-10,12-13,18-20,28H,8,11,14-15H2,(H,34,35). The predicted octanol–water partition coefficient (Wildman–Crippen LogP) is 3.43. The Hall–Kier alpha value is -4.25. The molecule has 0 aromatic carbocycles. The van der Waals surface area contributed by atoms with Crippen molar-refractivity contribution in [1.29, 1.82) is 0 Å². The van der Waals surface area contributed by atoms with Crippen LogP contribution in [0, 0.1) is 0 Å². The number of allylic oxidation sites excluding steroid dienone is 6. The van der Waals surface area contributed by atoms with Gasteiger partial charge in [-0.3, -0.25) is 9.78 Å². The van der Waals surface area contributed by atoms with Gasteiger partial charge < -0.3 is 14.9 Å².